The van der Waals surface area contributed by atoms with Crippen molar-refractivity contribution in [2.24, 2.45) is 5.92 Å². The molecule has 3 amide bonds. The largest absolute Gasteiger partial charge is 0.395 e. The number of nitrogens with zero attached hydrogens (tertiary/aromatic N) is 3. The van der Waals surface area contributed by atoms with Crippen LogP contribution < -0.4 is 9.80 Å². The standard InChI is InChI=1S/C38H40FN3O5Si/c1-27-36(48(2,3)39)34(24-35(45)40(21-22-43)25-28-13-7-4-8-14-28)47-38(27)32-23-31(41(26-44)29-15-9-5-10-16-29)19-20-33(32)42(37(38)46)30-17-11-6-12-18-30/h4-20,23,26-27,34,36,43H,21-22,24-25H2,1-3H3/t27-,34+,36-,38+/m0/s1. The molecule has 4 aromatic rings. The summed E-state index contributed by atoms with van der Waals surface area (Å²) < 4.78 is 23.4. The van der Waals surface area contributed by atoms with Gasteiger partial charge in [-0.15, -0.1) is 0 Å². The van der Waals surface area contributed by atoms with Gasteiger partial charge in [-0.1, -0.05) is 73.7 Å². The van der Waals surface area contributed by atoms with E-state index in [9.17, 15) is 19.5 Å². The summed E-state index contributed by atoms with van der Waals surface area (Å²) in [6, 6.07) is 33.2. The Balaban J connectivity index is 1.44. The number of rotatable bonds is 11. The SMILES string of the molecule is C[C@H]1[C@H]([Si](C)(C)F)[C@@H](CC(=O)N(CCO)Cc2ccccc2)O[C@]12C(=O)N(c1ccccc1)c1ccc(N(C=O)c3ccccc3)cc12. The summed E-state index contributed by atoms with van der Waals surface area (Å²) in [4.78, 5) is 45.9. The van der Waals surface area contributed by atoms with Crippen molar-refractivity contribution in [1.29, 1.82) is 0 Å². The van der Waals surface area contributed by atoms with Gasteiger partial charge in [0.15, 0.2) is 5.60 Å². The molecule has 248 valence electrons. The average Bonchev–Trinajstić information content (AvgIpc) is 3.52. The Hall–Kier alpha value is -4.64. The Morgan fingerprint density at radius 2 is 1.58 bits per heavy atom. The fraction of sp³-hybridized carbons (Fsp3) is 0.289. The number of benzene rings is 4. The first-order valence-corrected chi connectivity index (χ1v) is 19.2. The number of ether oxygens (including phenoxy) is 1. The molecular weight excluding hydrogens is 626 g/mol. The second kappa shape index (κ2) is 13.5. The molecule has 2 heterocycles. The Bertz CT molecular complexity index is 1770. The van der Waals surface area contributed by atoms with Crippen LogP contribution in [0, 0.1) is 5.92 Å². The van der Waals surface area contributed by atoms with Crippen LogP contribution in [0.2, 0.25) is 18.6 Å². The third-order valence-electron chi connectivity index (χ3n) is 9.60. The van der Waals surface area contributed by atoms with Crippen molar-refractivity contribution in [3.05, 3.63) is 120 Å². The van der Waals surface area contributed by atoms with Crippen molar-refractivity contribution in [2.45, 2.75) is 50.2 Å². The Labute approximate surface area is 281 Å². The topological polar surface area (TPSA) is 90.4 Å². The summed E-state index contributed by atoms with van der Waals surface area (Å²) in [6.45, 7) is 5.19. The highest BCUT2D eigenvalue weighted by Crippen LogP contribution is 2.61. The molecular formula is C38H40FN3O5Si. The van der Waals surface area contributed by atoms with E-state index in [1.807, 2.05) is 97.9 Å². The van der Waals surface area contributed by atoms with Gasteiger partial charge in [0.05, 0.1) is 24.8 Å². The number of aliphatic hydroxyl groups excluding tert-OH is 1. The van der Waals surface area contributed by atoms with Gasteiger partial charge < -0.3 is 18.9 Å². The summed E-state index contributed by atoms with van der Waals surface area (Å²) in [6.07, 6.45) is -0.329. The van der Waals surface area contributed by atoms with Crippen molar-refractivity contribution < 1.29 is 28.3 Å². The highest BCUT2D eigenvalue weighted by molar-refractivity contribution is 6.72. The van der Waals surface area contributed by atoms with E-state index >= 15 is 4.11 Å². The number of carbonyl (C=O) groups excluding carboxylic acids is 3. The van der Waals surface area contributed by atoms with Gasteiger partial charge in [-0.3, -0.25) is 24.2 Å². The van der Waals surface area contributed by atoms with Crippen molar-refractivity contribution in [3.63, 3.8) is 0 Å². The van der Waals surface area contributed by atoms with Crippen LogP contribution in [0.15, 0.2) is 109 Å². The van der Waals surface area contributed by atoms with E-state index in [1.165, 1.54) is 4.90 Å². The number of hydrogen-bond donors (Lipinski definition) is 1. The molecule has 2 aliphatic rings. The minimum atomic E-state index is -3.57. The van der Waals surface area contributed by atoms with Crippen molar-refractivity contribution in [3.8, 4) is 0 Å². The predicted octanol–water partition coefficient (Wildman–Crippen LogP) is 6.85. The van der Waals surface area contributed by atoms with Crippen molar-refractivity contribution >= 4 is 49.4 Å². The zero-order chi connectivity index (χ0) is 34.1. The van der Waals surface area contributed by atoms with Crippen LogP contribution in [0.25, 0.3) is 0 Å². The molecule has 1 spiro atoms. The quantitative estimate of drug-likeness (QED) is 0.108. The Kier molecular flexibility index (Phi) is 9.33. The van der Waals surface area contributed by atoms with E-state index in [2.05, 4.69) is 0 Å². The maximum absolute atomic E-state index is 16.5. The smallest absolute Gasteiger partial charge is 0.268 e. The van der Waals surface area contributed by atoms with Crippen LogP contribution in [0.1, 0.15) is 24.5 Å². The van der Waals surface area contributed by atoms with Crippen LogP contribution in [0.3, 0.4) is 0 Å². The number of anilines is 4. The third-order valence-corrected chi connectivity index (χ3v) is 12.1. The number of halogens is 1. The third kappa shape index (κ3) is 5.95. The lowest BCUT2D eigenvalue weighted by Crippen LogP contribution is -2.44. The molecule has 4 aromatic carbocycles. The number of hydrogen-bond acceptors (Lipinski definition) is 5. The van der Waals surface area contributed by atoms with Gasteiger partial charge >= 0.3 is 0 Å². The van der Waals surface area contributed by atoms with Gasteiger partial charge in [-0.05, 0) is 61.1 Å². The Morgan fingerprint density at radius 3 is 2.19 bits per heavy atom. The van der Waals surface area contributed by atoms with Gasteiger partial charge in [-0.25, -0.2) is 0 Å². The van der Waals surface area contributed by atoms with E-state index in [4.69, 9.17) is 4.74 Å². The summed E-state index contributed by atoms with van der Waals surface area (Å²) in [5, 5.41) is 9.81. The molecule has 0 bridgehead atoms. The van der Waals surface area contributed by atoms with E-state index in [-0.39, 0.29) is 37.9 Å². The lowest BCUT2D eigenvalue weighted by Gasteiger charge is -2.31. The molecule has 4 atom stereocenters. The average molecular weight is 666 g/mol. The molecule has 0 aromatic heterocycles. The van der Waals surface area contributed by atoms with Gasteiger partial charge in [0, 0.05) is 47.2 Å². The molecule has 0 saturated carbocycles. The summed E-state index contributed by atoms with van der Waals surface area (Å²) >= 11 is 0. The first-order chi connectivity index (χ1) is 23.1. The van der Waals surface area contributed by atoms with Crippen molar-refractivity contribution in [1.82, 2.24) is 4.90 Å². The van der Waals surface area contributed by atoms with E-state index in [0.717, 1.165) is 12.0 Å². The van der Waals surface area contributed by atoms with Gasteiger partial charge in [0.25, 0.3) is 5.91 Å². The fourth-order valence-corrected chi connectivity index (χ4v) is 10.0. The second-order valence-corrected chi connectivity index (χ2v) is 16.8. The van der Waals surface area contributed by atoms with Crippen LogP contribution in [0.5, 0.6) is 0 Å². The summed E-state index contributed by atoms with van der Waals surface area (Å²) in [5.74, 6) is -1.29. The molecule has 6 rings (SSSR count). The van der Waals surface area contributed by atoms with Crippen LogP contribution in [0.4, 0.5) is 26.9 Å². The monoisotopic (exact) mass is 665 g/mol. The van der Waals surface area contributed by atoms with E-state index in [1.54, 1.807) is 41.1 Å². The normalized spacial score (nSPS) is 21.7. The minimum absolute atomic E-state index is 0.107. The molecule has 0 aliphatic carbocycles. The molecule has 2 aliphatic heterocycles. The zero-order valence-electron chi connectivity index (χ0n) is 27.3. The second-order valence-electron chi connectivity index (χ2n) is 13.0. The van der Waals surface area contributed by atoms with Crippen LogP contribution >= 0.6 is 0 Å². The molecule has 0 radical (unpaired) electrons. The first kappa shape index (κ1) is 33.3. The minimum Gasteiger partial charge on any atom is -0.395 e. The zero-order valence-corrected chi connectivity index (χ0v) is 28.3. The maximum Gasteiger partial charge on any atom is 0.268 e. The summed E-state index contributed by atoms with van der Waals surface area (Å²) in [5.41, 5.74) is 1.49. The van der Waals surface area contributed by atoms with Gasteiger partial charge in [-0.2, -0.15) is 0 Å². The maximum atomic E-state index is 16.5. The van der Waals surface area contributed by atoms with E-state index in [0.29, 0.717) is 28.3 Å². The molecule has 10 heteroatoms. The fourth-order valence-electron chi connectivity index (χ4n) is 7.52. The number of para-hydroxylation sites is 2. The molecule has 8 nitrogen and oxygen atoms in total. The summed E-state index contributed by atoms with van der Waals surface area (Å²) in [7, 11) is -3.57. The lowest BCUT2D eigenvalue weighted by molar-refractivity contribution is -0.149. The number of fused-ring (bicyclic) bond motifs is 2. The molecule has 0 unspecified atom stereocenters. The molecule has 1 saturated heterocycles. The molecule has 1 fully saturated rings. The van der Waals surface area contributed by atoms with Crippen LogP contribution in [-0.4, -0.2) is 55.9 Å². The highest BCUT2D eigenvalue weighted by atomic mass is 28.4. The molecule has 1 N–H and O–H groups in total. The predicted molar refractivity (Wildman–Crippen MR) is 186 cm³/mol. The van der Waals surface area contributed by atoms with Crippen molar-refractivity contribution in [2.75, 3.05) is 23.0 Å². The number of aliphatic hydroxyl groups is 1. The van der Waals surface area contributed by atoms with Gasteiger partial charge in [0.1, 0.15) is 0 Å². The Morgan fingerprint density at radius 1 is 0.958 bits per heavy atom. The highest BCUT2D eigenvalue weighted by Gasteiger charge is 2.67. The first-order valence-electron chi connectivity index (χ1n) is 16.2. The molecule has 48 heavy (non-hydrogen) atoms. The number of amides is 3. The lowest BCUT2D eigenvalue weighted by atomic mass is 9.82. The van der Waals surface area contributed by atoms with Gasteiger partial charge in [0.2, 0.25) is 20.7 Å². The van der Waals surface area contributed by atoms with Crippen LogP contribution in [-0.2, 0) is 31.3 Å². The van der Waals surface area contributed by atoms with E-state index < -0.39 is 31.6 Å². The number of carbonyl (C=O) groups is 3.